The first kappa shape index (κ1) is 11.1. The molecule has 3 aromatic rings. The van der Waals surface area contributed by atoms with E-state index in [-0.39, 0.29) is 0 Å². The predicted octanol–water partition coefficient (Wildman–Crippen LogP) is 4.81. The summed E-state index contributed by atoms with van der Waals surface area (Å²) in [5.74, 6) is 0. The highest BCUT2D eigenvalue weighted by atomic mass is 15.1. The quantitative estimate of drug-likeness (QED) is 0.262. The minimum Gasteiger partial charge on any atom is -0.192 e. The summed E-state index contributed by atoms with van der Waals surface area (Å²) in [6.45, 7) is 0. The first-order valence-corrected chi connectivity index (χ1v) is 5.75. The summed E-state index contributed by atoms with van der Waals surface area (Å²) in [7, 11) is 0. The predicted molar refractivity (Wildman–Crippen MR) is 75.0 cm³/mol. The molecular weight excluding hydrogens is 236 g/mol. The van der Waals surface area contributed by atoms with Gasteiger partial charge in [0.25, 0.3) is 0 Å². The van der Waals surface area contributed by atoms with Crippen LogP contribution in [0.5, 0.6) is 0 Å². The van der Waals surface area contributed by atoms with Crippen molar-refractivity contribution in [3.63, 3.8) is 0 Å². The summed E-state index contributed by atoms with van der Waals surface area (Å²) in [6, 6.07) is 17.5. The van der Waals surface area contributed by atoms with E-state index >= 15 is 0 Å². The van der Waals surface area contributed by atoms with Crippen LogP contribution in [0.3, 0.4) is 0 Å². The van der Waals surface area contributed by atoms with E-state index in [1.54, 1.807) is 6.07 Å². The largest absolute Gasteiger partial charge is 0.192 e. The van der Waals surface area contributed by atoms with E-state index in [0.717, 1.165) is 21.5 Å². The smallest absolute Gasteiger partial charge is 0.0996 e. The van der Waals surface area contributed by atoms with E-state index < -0.39 is 0 Å². The lowest BCUT2D eigenvalue weighted by molar-refractivity contribution is 1.44. The third kappa shape index (κ3) is 1.66. The molecule has 0 heterocycles. The van der Waals surface area contributed by atoms with Crippen LogP contribution in [0.15, 0.2) is 53.6 Å². The van der Waals surface area contributed by atoms with Gasteiger partial charge in [-0.15, -0.1) is 0 Å². The summed E-state index contributed by atoms with van der Waals surface area (Å²) in [5, 5.41) is 16.7. The monoisotopic (exact) mass is 244 g/mol. The normalized spacial score (nSPS) is 10.1. The minimum atomic E-state index is 0.389. The lowest BCUT2D eigenvalue weighted by atomic mass is 9.99. The van der Waals surface area contributed by atoms with Crippen LogP contribution in [0, 0.1) is 11.3 Å². The van der Waals surface area contributed by atoms with Crippen molar-refractivity contribution in [2.75, 3.05) is 0 Å². The zero-order valence-corrected chi connectivity index (χ0v) is 9.91. The second-order valence-corrected chi connectivity index (χ2v) is 4.14. The molecule has 0 spiro atoms. The Kier molecular flexibility index (Phi) is 2.53. The average molecular weight is 244 g/mol. The van der Waals surface area contributed by atoms with Crippen LogP contribution in [0.2, 0.25) is 0 Å². The Balaban J connectivity index is 2.55. The fourth-order valence-electron chi connectivity index (χ4n) is 2.32. The Bertz CT molecular complexity index is 884. The van der Waals surface area contributed by atoms with Gasteiger partial charge in [0.2, 0.25) is 0 Å². The van der Waals surface area contributed by atoms with Crippen molar-refractivity contribution in [1.29, 1.82) is 5.26 Å². The first-order valence-electron chi connectivity index (χ1n) is 5.75. The second kappa shape index (κ2) is 4.34. The van der Waals surface area contributed by atoms with Crippen molar-refractivity contribution in [1.82, 2.24) is 0 Å². The fourth-order valence-corrected chi connectivity index (χ4v) is 2.32. The molecule has 0 N–H and O–H groups in total. The molecule has 0 aliphatic carbocycles. The molecule has 0 bridgehead atoms. The molecule has 0 aliphatic heterocycles. The molecule has 0 radical (unpaired) electrons. The molecule has 3 aromatic carbocycles. The van der Waals surface area contributed by atoms with Gasteiger partial charge >= 0.3 is 0 Å². The fraction of sp³-hybridized carbons (Fsp3) is 0. The van der Waals surface area contributed by atoms with E-state index in [1.165, 1.54) is 0 Å². The lowest BCUT2D eigenvalue weighted by Crippen LogP contribution is -1.82. The first-order chi connectivity index (χ1) is 9.35. The number of nitriles is 1. The Morgan fingerprint density at radius 3 is 2.53 bits per heavy atom. The maximum atomic E-state index is 9.08. The topological polar surface area (TPSA) is 72.5 Å². The summed E-state index contributed by atoms with van der Waals surface area (Å²) in [6.07, 6.45) is 0. The SMILES string of the molecule is N#Cc1ccc2c(ccc3ccccc32)c1N=[N+]=[N-]. The van der Waals surface area contributed by atoms with Crippen molar-refractivity contribution in [2.45, 2.75) is 0 Å². The lowest BCUT2D eigenvalue weighted by Gasteiger charge is -2.07. The molecule has 4 nitrogen and oxygen atoms in total. The third-order valence-electron chi connectivity index (χ3n) is 3.16. The summed E-state index contributed by atoms with van der Waals surface area (Å²) >= 11 is 0. The van der Waals surface area contributed by atoms with Gasteiger partial charge in [-0.05, 0) is 33.1 Å². The van der Waals surface area contributed by atoms with Crippen LogP contribution in [-0.4, -0.2) is 0 Å². The molecule has 0 unspecified atom stereocenters. The van der Waals surface area contributed by atoms with Crippen molar-refractivity contribution < 1.29 is 0 Å². The van der Waals surface area contributed by atoms with E-state index in [9.17, 15) is 0 Å². The minimum absolute atomic E-state index is 0.389. The van der Waals surface area contributed by atoms with Crippen LogP contribution in [0.25, 0.3) is 32.0 Å². The Labute approximate surface area is 109 Å². The summed E-state index contributed by atoms with van der Waals surface area (Å²) < 4.78 is 0. The van der Waals surface area contributed by atoms with E-state index in [2.05, 4.69) is 16.1 Å². The van der Waals surface area contributed by atoms with Gasteiger partial charge in [-0.25, -0.2) is 0 Å². The third-order valence-corrected chi connectivity index (χ3v) is 3.16. The van der Waals surface area contributed by atoms with Crippen LogP contribution in [-0.2, 0) is 0 Å². The molecular formula is C15H8N4. The van der Waals surface area contributed by atoms with Gasteiger partial charge in [0.15, 0.2) is 0 Å². The molecule has 0 aliphatic rings. The Hall–Kier alpha value is -3.02. The molecule has 0 saturated heterocycles. The van der Waals surface area contributed by atoms with E-state index in [4.69, 9.17) is 10.8 Å². The Morgan fingerprint density at radius 2 is 1.74 bits per heavy atom. The van der Waals surface area contributed by atoms with Crippen LogP contribution < -0.4 is 0 Å². The molecule has 88 valence electrons. The second-order valence-electron chi connectivity index (χ2n) is 4.14. The number of benzene rings is 3. The van der Waals surface area contributed by atoms with E-state index in [1.807, 2.05) is 42.5 Å². The van der Waals surface area contributed by atoms with Gasteiger partial charge < -0.3 is 0 Å². The number of hydrogen-bond donors (Lipinski definition) is 0. The van der Waals surface area contributed by atoms with Gasteiger partial charge in [0, 0.05) is 4.91 Å². The number of rotatable bonds is 1. The van der Waals surface area contributed by atoms with Crippen LogP contribution in [0.4, 0.5) is 5.69 Å². The number of fused-ring (bicyclic) bond motifs is 3. The highest BCUT2D eigenvalue weighted by molar-refractivity contribution is 6.11. The average Bonchev–Trinajstić information content (AvgIpc) is 2.47. The summed E-state index contributed by atoms with van der Waals surface area (Å²) in [4.78, 5) is 2.82. The molecule has 0 saturated carbocycles. The van der Waals surface area contributed by atoms with Crippen molar-refractivity contribution >= 4 is 27.2 Å². The standard InChI is InChI=1S/C15H8N4/c16-9-11-6-7-13-12-4-2-1-3-10(12)5-8-14(13)15(11)18-19-17/h1-8H. The zero-order chi connectivity index (χ0) is 13.2. The highest BCUT2D eigenvalue weighted by Crippen LogP contribution is 2.34. The molecule has 0 atom stereocenters. The van der Waals surface area contributed by atoms with Gasteiger partial charge in [0.1, 0.15) is 0 Å². The Morgan fingerprint density at radius 1 is 0.947 bits per heavy atom. The van der Waals surface area contributed by atoms with Crippen molar-refractivity contribution in [3.05, 3.63) is 64.5 Å². The van der Waals surface area contributed by atoms with Crippen LogP contribution in [0.1, 0.15) is 5.56 Å². The van der Waals surface area contributed by atoms with E-state index in [0.29, 0.717) is 11.3 Å². The molecule has 0 aromatic heterocycles. The number of hydrogen-bond acceptors (Lipinski definition) is 2. The number of nitrogens with zero attached hydrogens (tertiary/aromatic N) is 4. The molecule has 0 fully saturated rings. The maximum Gasteiger partial charge on any atom is 0.0996 e. The maximum absolute atomic E-state index is 9.08. The van der Waals surface area contributed by atoms with Gasteiger partial charge in [-0.2, -0.15) is 5.26 Å². The van der Waals surface area contributed by atoms with Crippen molar-refractivity contribution in [2.24, 2.45) is 5.11 Å². The molecule has 4 heteroatoms. The summed E-state index contributed by atoms with van der Waals surface area (Å²) in [5.41, 5.74) is 9.45. The van der Waals surface area contributed by atoms with Gasteiger partial charge in [0.05, 0.1) is 17.3 Å². The van der Waals surface area contributed by atoms with Gasteiger partial charge in [-0.1, -0.05) is 47.6 Å². The van der Waals surface area contributed by atoms with Crippen molar-refractivity contribution in [3.8, 4) is 6.07 Å². The molecule has 0 amide bonds. The van der Waals surface area contributed by atoms with Crippen LogP contribution >= 0.6 is 0 Å². The van der Waals surface area contributed by atoms with Gasteiger partial charge in [-0.3, -0.25) is 0 Å². The number of azide groups is 1. The zero-order valence-electron chi connectivity index (χ0n) is 9.91. The highest BCUT2D eigenvalue weighted by Gasteiger charge is 2.08. The molecule has 3 rings (SSSR count). The molecule has 19 heavy (non-hydrogen) atoms.